The van der Waals surface area contributed by atoms with Gasteiger partial charge in [-0.15, -0.1) is 0 Å². The molecule has 0 spiro atoms. The molecule has 0 aromatic heterocycles. The Hall–Kier alpha value is -3.54. The highest BCUT2D eigenvalue weighted by Gasteiger charge is 2.36. The molecule has 12 heteroatoms. The molecule has 2 N–H and O–H groups in total. The molecule has 1 aromatic rings. The lowest BCUT2D eigenvalue weighted by atomic mass is 9.88. The standard InChI is InChI=1S/C30H47NO11/c1-8-21(5)18-39-28(34)41-24-11-10-23(16-25(24)42-29(35)40-19-22(6)9-2)17-30(31,26(32)36-7)13-15-38-27(33)37-14-12-20(3)4/h10-11,16,20-22H,8-9,12-15,17-19,31H2,1-7H3/t21?,22?,30-/m1/s1. The molecule has 3 atom stereocenters. The van der Waals surface area contributed by atoms with Crippen LogP contribution in [0.5, 0.6) is 11.5 Å². The van der Waals surface area contributed by atoms with Crippen molar-refractivity contribution in [3.63, 3.8) is 0 Å². The molecule has 0 radical (unpaired) electrons. The van der Waals surface area contributed by atoms with Crippen molar-refractivity contribution < 1.29 is 52.3 Å². The second-order valence-corrected chi connectivity index (χ2v) is 10.8. The number of esters is 1. The molecule has 0 aliphatic rings. The third kappa shape index (κ3) is 13.9. The van der Waals surface area contributed by atoms with Gasteiger partial charge in [0, 0.05) is 12.8 Å². The molecule has 0 amide bonds. The Labute approximate surface area is 248 Å². The van der Waals surface area contributed by atoms with Crippen LogP contribution in [0.4, 0.5) is 14.4 Å². The van der Waals surface area contributed by atoms with E-state index in [1.165, 1.54) is 19.2 Å². The van der Waals surface area contributed by atoms with Gasteiger partial charge in [0.05, 0.1) is 33.5 Å². The van der Waals surface area contributed by atoms with E-state index in [0.717, 1.165) is 12.8 Å². The molecule has 0 aliphatic heterocycles. The Morgan fingerprint density at radius 2 is 1.33 bits per heavy atom. The Bertz CT molecular complexity index is 1010. The van der Waals surface area contributed by atoms with Gasteiger partial charge in [-0.05, 0) is 41.9 Å². The van der Waals surface area contributed by atoms with Crippen molar-refractivity contribution in [2.24, 2.45) is 23.5 Å². The predicted octanol–water partition coefficient (Wildman–Crippen LogP) is 5.81. The van der Waals surface area contributed by atoms with Crippen LogP contribution in [0.2, 0.25) is 0 Å². The lowest BCUT2D eigenvalue weighted by Crippen LogP contribution is -2.51. The molecule has 1 aromatic carbocycles. The lowest BCUT2D eigenvalue weighted by molar-refractivity contribution is -0.147. The Kier molecular flexibility index (Phi) is 16.3. The zero-order valence-corrected chi connectivity index (χ0v) is 25.9. The van der Waals surface area contributed by atoms with Gasteiger partial charge in [-0.1, -0.05) is 60.5 Å². The maximum atomic E-state index is 12.7. The van der Waals surface area contributed by atoms with Crippen LogP contribution in [0.25, 0.3) is 0 Å². The van der Waals surface area contributed by atoms with Crippen molar-refractivity contribution >= 4 is 24.4 Å². The van der Waals surface area contributed by atoms with Crippen LogP contribution >= 0.6 is 0 Å². The maximum Gasteiger partial charge on any atom is 0.513 e. The van der Waals surface area contributed by atoms with Crippen LogP contribution in [0.15, 0.2) is 18.2 Å². The van der Waals surface area contributed by atoms with Gasteiger partial charge in [-0.25, -0.2) is 14.4 Å². The molecule has 0 fully saturated rings. The van der Waals surface area contributed by atoms with E-state index in [4.69, 9.17) is 38.9 Å². The zero-order valence-electron chi connectivity index (χ0n) is 25.9. The summed E-state index contributed by atoms with van der Waals surface area (Å²) in [6, 6.07) is 4.32. The molecule has 1 rings (SSSR count). The van der Waals surface area contributed by atoms with Gasteiger partial charge in [0.1, 0.15) is 5.54 Å². The molecule has 0 aliphatic carbocycles. The minimum absolute atomic E-state index is 0.0910. The fraction of sp³-hybridized carbons (Fsp3) is 0.667. The summed E-state index contributed by atoms with van der Waals surface area (Å²) in [7, 11) is 1.19. The fourth-order valence-electron chi connectivity index (χ4n) is 3.29. The van der Waals surface area contributed by atoms with E-state index in [1.807, 2.05) is 41.5 Å². The molecular formula is C30H47NO11. The minimum Gasteiger partial charge on any atom is -0.468 e. The molecule has 0 saturated carbocycles. The van der Waals surface area contributed by atoms with Crippen LogP contribution in [-0.2, 0) is 34.9 Å². The zero-order chi connectivity index (χ0) is 31.7. The monoisotopic (exact) mass is 597 g/mol. The number of hydrogen-bond donors (Lipinski definition) is 1. The second-order valence-electron chi connectivity index (χ2n) is 10.8. The predicted molar refractivity (Wildman–Crippen MR) is 153 cm³/mol. The smallest absolute Gasteiger partial charge is 0.468 e. The van der Waals surface area contributed by atoms with Crippen molar-refractivity contribution in [2.45, 2.75) is 79.2 Å². The van der Waals surface area contributed by atoms with Crippen molar-refractivity contribution in [2.75, 3.05) is 33.5 Å². The first-order valence-corrected chi connectivity index (χ1v) is 14.3. The topological polar surface area (TPSA) is 159 Å². The maximum absolute atomic E-state index is 12.7. The van der Waals surface area contributed by atoms with Crippen LogP contribution in [0, 0.1) is 17.8 Å². The van der Waals surface area contributed by atoms with Crippen molar-refractivity contribution in [1.29, 1.82) is 0 Å². The number of benzene rings is 1. The molecule has 2 unspecified atom stereocenters. The summed E-state index contributed by atoms with van der Waals surface area (Å²) < 4.78 is 36.0. The summed E-state index contributed by atoms with van der Waals surface area (Å²) >= 11 is 0. The van der Waals surface area contributed by atoms with Gasteiger partial charge >= 0.3 is 24.4 Å². The molecule has 12 nitrogen and oxygen atoms in total. The molecule has 0 bridgehead atoms. The van der Waals surface area contributed by atoms with Crippen molar-refractivity contribution in [1.82, 2.24) is 0 Å². The summed E-state index contributed by atoms with van der Waals surface area (Å²) in [6.07, 6.45) is -0.731. The highest BCUT2D eigenvalue weighted by molar-refractivity contribution is 5.81. The molecule has 238 valence electrons. The van der Waals surface area contributed by atoms with E-state index >= 15 is 0 Å². The van der Waals surface area contributed by atoms with Crippen LogP contribution in [-0.4, -0.2) is 63.5 Å². The highest BCUT2D eigenvalue weighted by atomic mass is 16.7. The largest absolute Gasteiger partial charge is 0.513 e. The average Bonchev–Trinajstić information content (AvgIpc) is 2.95. The first kappa shape index (κ1) is 36.5. The number of methoxy groups -OCH3 is 1. The number of ether oxygens (including phenoxy) is 7. The van der Waals surface area contributed by atoms with Crippen LogP contribution in [0.1, 0.15) is 72.8 Å². The van der Waals surface area contributed by atoms with Gasteiger partial charge < -0.3 is 38.9 Å². The number of hydrogen-bond acceptors (Lipinski definition) is 12. The second kappa shape index (κ2) is 18.8. The number of nitrogens with two attached hydrogens (primary N) is 1. The summed E-state index contributed by atoms with van der Waals surface area (Å²) in [6.45, 7) is 12.1. The molecule has 0 heterocycles. The number of carbonyl (C=O) groups excluding carboxylic acids is 4. The SMILES string of the molecule is CCC(C)COC(=O)Oc1ccc(C[C@](N)(CCOC(=O)OCCC(C)C)C(=O)OC)cc1OC(=O)OCC(C)CC. The van der Waals surface area contributed by atoms with Gasteiger partial charge in [-0.2, -0.15) is 0 Å². The van der Waals surface area contributed by atoms with Crippen LogP contribution in [0.3, 0.4) is 0 Å². The summed E-state index contributed by atoms with van der Waals surface area (Å²) in [5.74, 6) is -0.378. The van der Waals surface area contributed by atoms with Crippen LogP contribution < -0.4 is 15.2 Å². The first-order valence-electron chi connectivity index (χ1n) is 14.3. The van der Waals surface area contributed by atoms with Gasteiger partial charge in [0.2, 0.25) is 0 Å². The average molecular weight is 598 g/mol. The minimum atomic E-state index is -1.61. The number of rotatable bonds is 17. The van der Waals surface area contributed by atoms with E-state index in [1.54, 1.807) is 6.07 Å². The van der Waals surface area contributed by atoms with E-state index in [2.05, 4.69) is 0 Å². The Balaban J connectivity index is 3.09. The highest BCUT2D eigenvalue weighted by Crippen LogP contribution is 2.31. The Morgan fingerprint density at radius 1 is 0.786 bits per heavy atom. The van der Waals surface area contributed by atoms with E-state index < -0.39 is 30.0 Å². The van der Waals surface area contributed by atoms with Gasteiger partial charge in [-0.3, -0.25) is 4.79 Å². The summed E-state index contributed by atoms with van der Waals surface area (Å²) in [5, 5.41) is 0. The lowest BCUT2D eigenvalue weighted by Gasteiger charge is -2.26. The summed E-state index contributed by atoms with van der Waals surface area (Å²) in [4.78, 5) is 49.2. The third-order valence-corrected chi connectivity index (χ3v) is 6.55. The molecule has 42 heavy (non-hydrogen) atoms. The fourth-order valence-corrected chi connectivity index (χ4v) is 3.29. The van der Waals surface area contributed by atoms with E-state index in [-0.39, 0.29) is 62.6 Å². The first-order chi connectivity index (χ1) is 19.8. The van der Waals surface area contributed by atoms with E-state index in [0.29, 0.717) is 17.9 Å². The quantitative estimate of drug-likeness (QED) is 0.131. The van der Waals surface area contributed by atoms with E-state index in [9.17, 15) is 19.2 Å². The van der Waals surface area contributed by atoms with Gasteiger partial charge in [0.15, 0.2) is 11.5 Å². The summed E-state index contributed by atoms with van der Waals surface area (Å²) in [5.41, 5.74) is 5.24. The molecule has 0 saturated heterocycles. The van der Waals surface area contributed by atoms with Crippen molar-refractivity contribution in [3.05, 3.63) is 23.8 Å². The normalized spacial score (nSPS) is 13.7. The third-order valence-electron chi connectivity index (χ3n) is 6.55. The Morgan fingerprint density at radius 3 is 1.86 bits per heavy atom. The number of carbonyl (C=O) groups is 4. The van der Waals surface area contributed by atoms with Gasteiger partial charge in [0.25, 0.3) is 0 Å². The van der Waals surface area contributed by atoms with Crippen molar-refractivity contribution in [3.8, 4) is 11.5 Å². The molecular weight excluding hydrogens is 550 g/mol.